The highest BCUT2D eigenvalue weighted by Crippen LogP contribution is 2.50. The molecule has 0 nitrogen and oxygen atoms in total. The summed E-state index contributed by atoms with van der Waals surface area (Å²) in [5.41, 5.74) is 0.977. The van der Waals surface area contributed by atoms with Crippen LogP contribution in [0.4, 0.5) is 8.78 Å². The molecule has 70 valence electrons. The summed E-state index contributed by atoms with van der Waals surface area (Å²) in [6.07, 6.45) is 0.531. The molecule has 1 aliphatic carbocycles. The lowest BCUT2D eigenvalue weighted by Gasteiger charge is -2.02. The second kappa shape index (κ2) is 3.05. The van der Waals surface area contributed by atoms with Crippen LogP contribution in [0.5, 0.6) is 0 Å². The fourth-order valence-corrected chi connectivity index (χ4v) is 1.87. The number of alkyl halides is 2. The molecular weight excluding hydrogens is 238 g/mol. The van der Waals surface area contributed by atoms with E-state index in [2.05, 4.69) is 15.9 Å². The number of hydrogen-bond acceptors (Lipinski definition) is 0. The van der Waals surface area contributed by atoms with E-state index in [4.69, 9.17) is 0 Å². The zero-order chi connectivity index (χ0) is 9.47. The molecule has 1 fully saturated rings. The molecule has 0 saturated heterocycles. The van der Waals surface area contributed by atoms with Crippen molar-refractivity contribution in [2.24, 2.45) is 5.92 Å². The van der Waals surface area contributed by atoms with Crippen molar-refractivity contribution >= 4 is 15.9 Å². The highest BCUT2D eigenvalue weighted by molar-refractivity contribution is 9.10. The van der Waals surface area contributed by atoms with Gasteiger partial charge in [-0.2, -0.15) is 0 Å². The maximum atomic E-state index is 12.6. The van der Waals surface area contributed by atoms with Crippen molar-refractivity contribution in [3.8, 4) is 0 Å². The quantitative estimate of drug-likeness (QED) is 0.748. The summed E-state index contributed by atoms with van der Waals surface area (Å²) in [6, 6.07) is 7.54. The summed E-state index contributed by atoms with van der Waals surface area (Å²) in [5, 5.41) is 0. The topological polar surface area (TPSA) is 0 Å². The molecular formula is C10H9BrF2. The number of halogens is 3. The molecule has 0 radical (unpaired) electrons. The van der Waals surface area contributed by atoms with Gasteiger partial charge in [0.05, 0.1) is 0 Å². The molecule has 1 unspecified atom stereocenters. The van der Waals surface area contributed by atoms with Crippen LogP contribution >= 0.6 is 15.9 Å². The van der Waals surface area contributed by atoms with E-state index in [1.165, 1.54) is 0 Å². The van der Waals surface area contributed by atoms with Gasteiger partial charge in [-0.05, 0) is 18.1 Å². The van der Waals surface area contributed by atoms with Crippen molar-refractivity contribution in [3.05, 3.63) is 34.3 Å². The Morgan fingerprint density at radius 2 is 2.00 bits per heavy atom. The highest BCUT2D eigenvalue weighted by Gasteiger charge is 2.56. The first-order valence-electron chi connectivity index (χ1n) is 4.21. The van der Waals surface area contributed by atoms with Crippen LogP contribution in [0.2, 0.25) is 0 Å². The van der Waals surface area contributed by atoms with Gasteiger partial charge in [0, 0.05) is 16.8 Å². The summed E-state index contributed by atoms with van der Waals surface area (Å²) in [5.74, 6) is -2.85. The minimum atomic E-state index is -2.41. The van der Waals surface area contributed by atoms with Gasteiger partial charge in [-0.1, -0.05) is 34.1 Å². The van der Waals surface area contributed by atoms with Crippen LogP contribution in [0.15, 0.2) is 28.7 Å². The van der Waals surface area contributed by atoms with Crippen molar-refractivity contribution in [2.75, 3.05) is 0 Å². The first kappa shape index (κ1) is 9.13. The van der Waals surface area contributed by atoms with Gasteiger partial charge in [-0.25, -0.2) is 8.78 Å². The van der Waals surface area contributed by atoms with Gasteiger partial charge in [0.2, 0.25) is 0 Å². The second-order valence-corrected chi connectivity index (χ2v) is 4.31. The summed E-state index contributed by atoms with van der Waals surface area (Å²) in [4.78, 5) is 0. The van der Waals surface area contributed by atoms with Gasteiger partial charge >= 0.3 is 0 Å². The Kier molecular flexibility index (Phi) is 2.14. The Bertz CT molecular complexity index is 322. The average molecular weight is 247 g/mol. The normalized spacial score (nSPS) is 24.4. The number of rotatable bonds is 2. The lowest BCUT2D eigenvalue weighted by molar-refractivity contribution is 0.0989. The Labute approximate surface area is 84.1 Å². The van der Waals surface area contributed by atoms with Crippen molar-refractivity contribution in [3.63, 3.8) is 0 Å². The van der Waals surface area contributed by atoms with E-state index < -0.39 is 11.8 Å². The standard InChI is InChI=1S/C10H9BrF2/c11-9-4-2-1-3-7(9)5-8-6-10(8,12)13/h1-4,8H,5-6H2. The predicted octanol–water partition coefficient (Wildman–Crippen LogP) is 3.65. The molecule has 0 bridgehead atoms. The van der Waals surface area contributed by atoms with Crippen molar-refractivity contribution in [1.29, 1.82) is 0 Å². The average Bonchev–Trinajstić information content (AvgIpc) is 2.64. The van der Waals surface area contributed by atoms with E-state index in [0.29, 0.717) is 6.42 Å². The molecule has 3 heteroatoms. The number of hydrogen-bond donors (Lipinski definition) is 0. The van der Waals surface area contributed by atoms with Crippen molar-refractivity contribution < 1.29 is 8.78 Å². The third-order valence-corrected chi connectivity index (χ3v) is 3.15. The Morgan fingerprint density at radius 3 is 2.54 bits per heavy atom. The maximum absolute atomic E-state index is 12.6. The van der Waals surface area contributed by atoms with E-state index in [-0.39, 0.29) is 6.42 Å². The molecule has 0 aromatic heterocycles. The van der Waals surface area contributed by atoms with Gasteiger partial charge in [0.15, 0.2) is 0 Å². The number of benzene rings is 1. The second-order valence-electron chi connectivity index (χ2n) is 3.46. The SMILES string of the molecule is FC1(F)CC1Cc1ccccc1Br. The molecule has 2 rings (SSSR count). The van der Waals surface area contributed by atoms with E-state index in [1.807, 2.05) is 24.3 Å². The first-order valence-corrected chi connectivity index (χ1v) is 5.00. The van der Waals surface area contributed by atoms with Gasteiger partial charge in [-0.15, -0.1) is 0 Å². The summed E-state index contributed by atoms with van der Waals surface area (Å²) in [6.45, 7) is 0. The minimum absolute atomic E-state index is 0.0499. The lowest BCUT2D eigenvalue weighted by atomic mass is 10.1. The predicted molar refractivity (Wildman–Crippen MR) is 50.9 cm³/mol. The summed E-state index contributed by atoms with van der Waals surface area (Å²) >= 11 is 3.35. The Balaban J connectivity index is 2.07. The van der Waals surface area contributed by atoms with Crippen molar-refractivity contribution in [2.45, 2.75) is 18.8 Å². The van der Waals surface area contributed by atoms with E-state index in [0.717, 1.165) is 10.0 Å². The molecule has 0 aliphatic heterocycles. The molecule has 13 heavy (non-hydrogen) atoms. The van der Waals surface area contributed by atoms with Gasteiger partial charge in [0.25, 0.3) is 5.92 Å². The minimum Gasteiger partial charge on any atom is -0.207 e. The van der Waals surface area contributed by atoms with Crippen LogP contribution in [0, 0.1) is 5.92 Å². The molecule has 0 spiro atoms. The molecule has 1 aliphatic rings. The third-order valence-electron chi connectivity index (χ3n) is 2.38. The van der Waals surface area contributed by atoms with E-state index >= 15 is 0 Å². The van der Waals surface area contributed by atoms with E-state index in [9.17, 15) is 8.78 Å². The largest absolute Gasteiger partial charge is 0.251 e. The van der Waals surface area contributed by atoms with Crippen molar-refractivity contribution in [1.82, 2.24) is 0 Å². The smallest absolute Gasteiger partial charge is 0.207 e. The third kappa shape index (κ3) is 1.90. The van der Waals surface area contributed by atoms with Crippen LogP contribution < -0.4 is 0 Å². The summed E-state index contributed by atoms with van der Waals surface area (Å²) in [7, 11) is 0. The Morgan fingerprint density at radius 1 is 1.38 bits per heavy atom. The van der Waals surface area contributed by atoms with Gasteiger partial charge in [0.1, 0.15) is 0 Å². The highest BCUT2D eigenvalue weighted by atomic mass is 79.9. The molecule has 1 saturated carbocycles. The zero-order valence-electron chi connectivity index (χ0n) is 6.93. The van der Waals surface area contributed by atoms with Crippen LogP contribution in [0.1, 0.15) is 12.0 Å². The lowest BCUT2D eigenvalue weighted by Crippen LogP contribution is -1.97. The Hall–Kier alpha value is -0.440. The molecule has 1 aromatic rings. The molecule has 1 atom stereocenters. The van der Waals surface area contributed by atoms with Gasteiger partial charge < -0.3 is 0 Å². The van der Waals surface area contributed by atoms with Crippen LogP contribution in [0.25, 0.3) is 0 Å². The molecule has 0 N–H and O–H groups in total. The summed E-state index contributed by atoms with van der Waals surface area (Å²) < 4.78 is 26.1. The van der Waals surface area contributed by atoms with Crippen LogP contribution in [-0.4, -0.2) is 5.92 Å². The molecule has 0 amide bonds. The molecule has 1 aromatic carbocycles. The van der Waals surface area contributed by atoms with Crippen LogP contribution in [-0.2, 0) is 6.42 Å². The van der Waals surface area contributed by atoms with E-state index in [1.54, 1.807) is 0 Å². The monoisotopic (exact) mass is 246 g/mol. The maximum Gasteiger partial charge on any atom is 0.251 e. The van der Waals surface area contributed by atoms with Gasteiger partial charge in [-0.3, -0.25) is 0 Å². The zero-order valence-corrected chi connectivity index (χ0v) is 8.52. The fraction of sp³-hybridized carbons (Fsp3) is 0.400. The fourth-order valence-electron chi connectivity index (χ4n) is 1.42. The van der Waals surface area contributed by atoms with Crippen LogP contribution in [0.3, 0.4) is 0 Å². The molecule has 0 heterocycles. The first-order chi connectivity index (χ1) is 6.09.